The molecule has 2 N–H and O–H groups in total. The van der Waals surface area contributed by atoms with Crippen LogP contribution < -0.4 is 0 Å². The van der Waals surface area contributed by atoms with Gasteiger partial charge in [-0.15, -0.1) is 0 Å². The van der Waals surface area contributed by atoms with Crippen molar-refractivity contribution in [2.75, 3.05) is 13.2 Å². The first kappa shape index (κ1) is 17.4. The summed E-state index contributed by atoms with van der Waals surface area (Å²) in [5, 5.41) is 20.9. The molecule has 2 heterocycles. The molecule has 0 spiro atoms. The molecule has 2 aliphatic heterocycles. The van der Waals surface area contributed by atoms with Gasteiger partial charge in [0.15, 0.2) is 12.6 Å². The molecule has 0 unspecified atom stereocenters. The average molecular weight is 350 g/mol. The van der Waals surface area contributed by atoms with Gasteiger partial charge in [0.05, 0.1) is 13.2 Å². The predicted octanol–water partition coefficient (Wildman–Crippen LogP) is 1.61. The van der Waals surface area contributed by atoms with Crippen LogP contribution in [0.5, 0.6) is 0 Å². The van der Waals surface area contributed by atoms with Crippen molar-refractivity contribution >= 4 is 0 Å². The molecule has 1 saturated carbocycles. The average Bonchev–Trinajstić information content (AvgIpc) is 3.24. The second-order valence-electron chi connectivity index (χ2n) is 7.92. The maximum Gasteiger partial charge on any atom is 0.186 e. The molecule has 0 amide bonds. The lowest BCUT2D eigenvalue weighted by Crippen LogP contribution is -2.62. The second-order valence-corrected chi connectivity index (χ2v) is 7.92. The van der Waals surface area contributed by atoms with Crippen molar-refractivity contribution in [3.05, 3.63) is 35.9 Å². The quantitative estimate of drug-likeness (QED) is 0.859. The summed E-state index contributed by atoms with van der Waals surface area (Å²) in [5.74, 6) is 0.472. The Kier molecular flexibility index (Phi) is 4.60. The SMILES string of the molecule is CC1(C)C[C@@H]1CO[C@@H]1O[C@@H]2CO[C@H](c3ccccc3)O[C@@H]2[C@H](O)[C@H]1O. The summed E-state index contributed by atoms with van der Waals surface area (Å²) < 4.78 is 23.2. The molecule has 0 aromatic heterocycles. The van der Waals surface area contributed by atoms with Crippen LogP contribution in [0.25, 0.3) is 0 Å². The molecule has 1 aliphatic carbocycles. The highest BCUT2D eigenvalue weighted by molar-refractivity contribution is 5.16. The van der Waals surface area contributed by atoms with Crippen molar-refractivity contribution < 1.29 is 29.2 Å². The molecule has 3 fully saturated rings. The van der Waals surface area contributed by atoms with Gasteiger partial charge in [0, 0.05) is 5.56 Å². The van der Waals surface area contributed by atoms with Gasteiger partial charge >= 0.3 is 0 Å². The van der Waals surface area contributed by atoms with Crippen LogP contribution in [0.15, 0.2) is 30.3 Å². The zero-order valence-corrected chi connectivity index (χ0v) is 14.6. The van der Waals surface area contributed by atoms with E-state index in [1.54, 1.807) is 0 Å². The third kappa shape index (κ3) is 3.47. The van der Waals surface area contributed by atoms with Gasteiger partial charge in [0.1, 0.15) is 24.4 Å². The van der Waals surface area contributed by atoms with Gasteiger partial charge in [0.25, 0.3) is 0 Å². The van der Waals surface area contributed by atoms with E-state index in [0.29, 0.717) is 17.9 Å². The molecule has 138 valence electrons. The van der Waals surface area contributed by atoms with Gasteiger partial charge in [0.2, 0.25) is 0 Å². The van der Waals surface area contributed by atoms with E-state index in [0.717, 1.165) is 12.0 Å². The summed E-state index contributed by atoms with van der Waals surface area (Å²) in [6.45, 7) is 5.18. The fourth-order valence-corrected chi connectivity index (χ4v) is 3.57. The van der Waals surface area contributed by atoms with Crippen LogP contribution in [-0.2, 0) is 18.9 Å². The normalized spacial score (nSPS) is 42.6. The lowest BCUT2D eigenvalue weighted by molar-refractivity contribution is -0.361. The van der Waals surface area contributed by atoms with Crippen LogP contribution in [-0.4, -0.2) is 54.1 Å². The zero-order valence-electron chi connectivity index (χ0n) is 14.6. The molecule has 25 heavy (non-hydrogen) atoms. The minimum absolute atomic E-state index is 0.281. The Balaban J connectivity index is 1.38. The van der Waals surface area contributed by atoms with Crippen molar-refractivity contribution in [1.29, 1.82) is 0 Å². The molecule has 1 aromatic carbocycles. The molecule has 0 radical (unpaired) electrons. The fraction of sp³-hybridized carbons (Fsp3) is 0.684. The van der Waals surface area contributed by atoms with Crippen LogP contribution in [0.1, 0.15) is 32.1 Å². The second kappa shape index (κ2) is 6.61. The molecule has 3 aliphatic rings. The lowest BCUT2D eigenvalue weighted by Gasteiger charge is -2.46. The first-order valence-electron chi connectivity index (χ1n) is 8.91. The number of aliphatic hydroxyl groups excluding tert-OH is 2. The number of hydrogen-bond donors (Lipinski definition) is 2. The Morgan fingerprint density at radius 1 is 1.12 bits per heavy atom. The van der Waals surface area contributed by atoms with E-state index in [2.05, 4.69) is 13.8 Å². The van der Waals surface area contributed by atoms with E-state index in [4.69, 9.17) is 18.9 Å². The Morgan fingerprint density at radius 3 is 2.52 bits per heavy atom. The minimum atomic E-state index is -1.14. The highest BCUT2D eigenvalue weighted by Gasteiger charge is 2.51. The summed E-state index contributed by atoms with van der Waals surface area (Å²) >= 11 is 0. The summed E-state index contributed by atoms with van der Waals surface area (Å²) in [4.78, 5) is 0. The molecule has 7 atom stereocenters. The first-order valence-corrected chi connectivity index (χ1v) is 8.91. The summed E-state index contributed by atoms with van der Waals surface area (Å²) in [6, 6.07) is 9.53. The third-order valence-electron chi connectivity index (χ3n) is 5.58. The highest BCUT2D eigenvalue weighted by atomic mass is 16.8. The number of benzene rings is 1. The van der Waals surface area contributed by atoms with Crippen molar-refractivity contribution in [1.82, 2.24) is 0 Å². The number of rotatable bonds is 4. The largest absolute Gasteiger partial charge is 0.387 e. The van der Waals surface area contributed by atoms with Gasteiger partial charge < -0.3 is 29.2 Å². The standard InChI is InChI=1S/C19H26O6/c1-19(2)8-12(19)9-22-18-15(21)14(20)16-13(24-18)10-23-17(25-16)11-6-4-3-5-7-11/h3-7,12-18,20-21H,8-10H2,1-2H3/t12-,13-,14-,15-,16+,17+,18-/m1/s1. The van der Waals surface area contributed by atoms with E-state index in [1.165, 1.54) is 0 Å². The third-order valence-corrected chi connectivity index (χ3v) is 5.58. The lowest BCUT2D eigenvalue weighted by atomic mass is 9.98. The highest BCUT2D eigenvalue weighted by Crippen LogP contribution is 2.51. The van der Waals surface area contributed by atoms with Gasteiger partial charge in [-0.1, -0.05) is 44.2 Å². The van der Waals surface area contributed by atoms with E-state index >= 15 is 0 Å². The predicted molar refractivity (Wildman–Crippen MR) is 88.5 cm³/mol. The first-order chi connectivity index (χ1) is 12.0. The van der Waals surface area contributed by atoms with Gasteiger partial charge in [-0.25, -0.2) is 0 Å². The smallest absolute Gasteiger partial charge is 0.186 e. The van der Waals surface area contributed by atoms with Crippen LogP contribution in [0.3, 0.4) is 0 Å². The summed E-state index contributed by atoms with van der Waals surface area (Å²) in [6.07, 6.45) is -3.65. The van der Waals surface area contributed by atoms with E-state index in [1.807, 2.05) is 30.3 Å². The van der Waals surface area contributed by atoms with Crippen molar-refractivity contribution in [3.8, 4) is 0 Å². The van der Waals surface area contributed by atoms with Crippen LogP contribution in [0, 0.1) is 11.3 Å². The Hall–Kier alpha value is -1.02. The molecule has 6 nitrogen and oxygen atoms in total. The Morgan fingerprint density at radius 2 is 1.84 bits per heavy atom. The fourth-order valence-electron chi connectivity index (χ4n) is 3.57. The number of hydrogen-bond acceptors (Lipinski definition) is 6. The maximum absolute atomic E-state index is 10.5. The molecular weight excluding hydrogens is 324 g/mol. The topological polar surface area (TPSA) is 77.4 Å². The monoisotopic (exact) mass is 350 g/mol. The number of fused-ring (bicyclic) bond motifs is 1. The van der Waals surface area contributed by atoms with Gasteiger partial charge in [-0.3, -0.25) is 0 Å². The molecule has 4 rings (SSSR count). The maximum atomic E-state index is 10.5. The van der Waals surface area contributed by atoms with Crippen LogP contribution in [0.2, 0.25) is 0 Å². The van der Waals surface area contributed by atoms with Crippen LogP contribution in [0.4, 0.5) is 0 Å². The van der Waals surface area contributed by atoms with Crippen molar-refractivity contribution in [3.63, 3.8) is 0 Å². The summed E-state index contributed by atoms with van der Waals surface area (Å²) in [5.41, 5.74) is 1.16. The Labute approximate surface area is 147 Å². The van der Waals surface area contributed by atoms with Crippen molar-refractivity contribution in [2.24, 2.45) is 11.3 Å². The van der Waals surface area contributed by atoms with Crippen LogP contribution >= 0.6 is 0 Å². The van der Waals surface area contributed by atoms with Crippen molar-refractivity contribution in [2.45, 2.75) is 57.3 Å². The Bertz CT molecular complexity index is 589. The molecule has 6 heteroatoms. The minimum Gasteiger partial charge on any atom is -0.387 e. The zero-order chi connectivity index (χ0) is 17.6. The molecular formula is C19H26O6. The van der Waals surface area contributed by atoms with Gasteiger partial charge in [-0.2, -0.15) is 0 Å². The van der Waals surface area contributed by atoms with E-state index in [9.17, 15) is 10.2 Å². The van der Waals surface area contributed by atoms with E-state index in [-0.39, 0.29) is 6.61 Å². The molecule has 1 aromatic rings. The number of ether oxygens (including phenoxy) is 4. The number of aliphatic hydroxyl groups is 2. The summed E-state index contributed by atoms with van der Waals surface area (Å²) in [7, 11) is 0. The molecule has 2 saturated heterocycles. The molecule has 0 bridgehead atoms. The van der Waals surface area contributed by atoms with E-state index < -0.39 is 37.0 Å². The van der Waals surface area contributed by atoms with Gasteiger partial charge in [-0.05, 0) is 17.8 Å².